The zero-order chi connectivity index (χ0) is 15.2. The van der Waals surface area contributed by atoms with Gasteiger partial charge in [0.25, 0.3) is 5.91 Å². The standard InChI is InChI=1S/C16H21N3O2/c1-11(2)10-21-14-6-4-13(5-7-14)16(20)19-12(3)15-17-8-9-18-15/h4-9,11-12H,10H2,1-3H3,(H,17,18)(H,19,20). The number of imidazole rings is 1. The number of hydrogen-bond donors (Lipinski definition) is 2. The number of aromatic nitrogens is 2. The second-order valence-electron chi connectivity index (χ2n) is 5.40. The van der Waals surface area contributed by atoms with Crippen molar-refractivity contribution in [3.05, 3.63) is 48.0 Å². The van der Waals surface area contributed by atoms with Crippen LogP contribution in [0.3, 0.4) is 0 Å². The van der Waals surface area contributed by atoms with E-state index in [4.69, 9.17) is 4.74 Å². The number of hydrogen-bond acceptors (Lipinski definition) is 3. The van der Waals surface area contributed by atoms with E-state index in [0.717, 1.165) is 11.6 Å². The van der Waals surface area contributed by atoms with Crippen molar-refractivity contribution in [2.75, 3.05) is 6.61 Å². The Bertz CT molecular complexity index is 562. The molecule has 5 heteroatoms. The van der Waals surface area contributed by atoms with Crippen molar-refractivity contribution in [1.29, 1.82) is 0 Å². The number of carbonyl (C=O) groups excluding carboxylic acids is 1. The van der Waals surface area contributed by atoms with Crippen molar-refractivity contribution in [1.82, 2.24) is 15.3 Å². The first kappa shape index (κ1) is 15.1. The Hall–Kier alpha value is -2.30. The Morgan fingerprint density at radius 2 is 2.00 bits per heavy atom. The van der Waals surface area contributed by atoms with Gasteiger partial charge in [-0.2, -0.15) is 0 Å². The van der Waals surface area contributed by atoms with Crippen LogP contribution in [0.1, 0.15) is 43.0 Å². The Labute approximate surface area is 124 Å². The molecule has 5 nitrogen and oxygen atoms in total. The van der Waals surface area contributed by atoms with Crippen molar-refractivity contribution in [3.8, 4) is 5.75 Å². The van der Waals surface area contributed by atoms with Gasteiger partial charge in [-0.05, 0) is 37.1 Å². The Kier molecular flexibility index (Phi) is 4.98. The summed E-state index contributed by atoms with van der Waals surface area (Å²) in [6, 6.07) is 6.99. The molecule has 0 aliphatic carbocycles. The smallest absolute Gasteiger partial charge is 0.251 e. The highest BCUT2D eigenvalue weighted by Crippen LogP contribution is 2.14. The largest absolute Gasteiger partial charge is 0.493 e. The molecule has 0 saturated heterocycles. The fourth-order valence-corrected chi connectivity index (χ4v) is 1.83. The van der Waals surface area contributed by atoms with Gasteiger partial charge < -0.3 is 15.0 Å². The van der Waals surface area contributed by atoms with Gasteiger partial charge in [0, 0.05) is 18.0 Å². The summed E-state index contributed by atoms with van der Waals surface area (Å²) < 4.78 is 5.60. The van der Waals surface area contributed by atoms with Crippen LogP contribution >= 0.6 is 0 Å². The van der Waals surface area contributed by atoms with E-state index < -0.39 is 0 Å². The molecule has 1 aromatic carbocycles. The van der Waals surface area contributed by atoms with E-state index in [2.05, 4.69) is 29.1 Å². The summed E-state index contributed by atoms with van der Waals surface area (Å²) in [5, 5.41) is 2.89. The molecular weight excluding hydrogens is 266 g/mol. The van der Waals surface area contributed by atoms with E-state index in [9.17, 15) is 4.79 Å². The molecule has 0 bridgehead atoms. The fourth-order valence-electron chi connectivity index (χ4n) is 1.83. The molecular formula is C16H21N3O2. The summed E-state index contributed by atoms with van der Waals surface area (Å²) in [5.41, 5.74) is 0.602. The molecule has 112 valence electrons. The van der Waals surface area contributed by atoms with Crippen molar-refractivity contribution in [2.24, 2.45) is 5.92 Å². The van der Waals surface area contributed by atoms with Gasteiger partial charge in [-0.1, -0.05) is 13.8 Å². The Morgan fingerprint density at radius 3 is 2.57 bits per heavy atom. The number of benzene rings is 1. The van der Waals surface area contributed by atoms with Crippen LogP contribution in [-0.4, -0.2) is 22.5 Å². The lowest BCUT2D eigenvalue weighted by molar-refractivity contribution is 0.0938. The monoisotopic (exact) mass is 287 g/mol. The molecule has 21 heavy (non-hydrogen) atoms. The third kappa shape index (κ3) is 4.34. The van der Waals surface area contributed by atoms with Gasteiger partial charge in [0.05, 0.1) is 12.6 Å². The molecule has 0 fully saturated rings. The first-order valence-electron chi connectivity index (χ1n) is 7.09. The van der Waals surface area contributed by atoms with Crippen LogP contribution in [0.5, 0.6) is 5.75 Å². The molecule has 0 aliphatic heterocycles. The molecule has 1 atom stereocenters. The van der Waals surface area contributed by atoms with Gasteiger partial charge >= 0.3 is 0 Å². The minimum absolute atomic E-state index is 0.130. The maximum Gasteiger partial charge on any atom is 0.251 e. The molecule has 1 amide bonds. The number of rotatable bonds is 6. The van der Waals surface area contributed by atoms with Gasteiger partial charge in [0.1, 0.15) is 11.6 Å². The zero-order valence-corrected chi connectivity index (χ0v) is 12.6. The maximum atomic E-state index is 12.1. The number of carbonyl (C=O) groups is 1. The second kappa shape index (κ2) is 6.92. The molecule has 2 aromatic rings. The molecule has 0 aliphatic rings. The van der Waals surface area contributed by atoms with E-state index in [-0.39, 0.29) is 11.9 Å². The number of aromatic amines is 1. The van der Waals surface area contributed by atoms with Crippen molar-refractivity contribution in [3.63, 3.8) is 0 Å². The van der Waals surface area contributed by atoms with Crippen LogP contribution in [0.15, 0.2) is 36.7 Å². The average Bonchev–Trinajstić information content (AvgIpc) is 3.00. The highest BCUT2D eigenvalue weighted by atomic mass is 16.5. The number of H-pyrrole nitrogens is 1. The molecule has 1 unspecified atom stereocenters. The van der Waals surface area contributed by atoms with Crippen molar-refractivity contribution >= 4 is 5.91 Å². The van der Waals surface area contributed by atoms with Crippen LogP contribution in [-0.2, 0) is 0 Å². The van der Waals surface area contributed by atoms with Gasteiger partial charge in [-0.25, -0.2) is 4.98 Å². The number of nitrogens with one attached hydrogen (secondary N) is 2. The third-order valence-electron chi connectivity index (χ3n) is 2.98. The van der Waals surface area contributed by atoms with Crippen molar-refractivity contribution < 1.29 is 9.53 Å². The molecule has 2 N–H and O–H groups in total. The van der Waals surface area contributed by atoms with Gasteiger partial charge in [0.2, 0.25) is 0 Å². The summed E-state index contributed by atoms with van der Waals surface area (Å²) >= 11 is 0. The maximum absolute atomic E-state index is 12.1. The first-order valence-corrected chi connectivity index (χ1v) is 7.09. The second-order valence-corrected chi connectivity index (χ2v) is 5.40. The van der Waals surface area contributed by atoms with Gasteiger partial charge in [0.15, 0.2) is 0 Å². The topological polar surface area (TPSA) is 67.0 Å². The molecule has 0 spiro atoms. The quantitative estimate of drug-likeness (QED) is 0.858. The zero-order valence-electron chi connectivity index (χ0n) is 12.6. The number of ether oxygens (including phenoxy) is 1. The van der Waals surface area contributed by atoms with E-state index in [1.807, 2.05) is 19.1 Å². The summed E-state index contributed by atoms with van der Waals surface area (Å²) in [5.74, 6) is 1.86. The highest BCUT2D eigenvalue weighted by Gasteiger charge is 2.13. The Morgan fingerprint density at radius 1 is 1.29 bits per heavy atom. The average molecular weight is 287 g/mol. The lowest BCUT2D eigenvalue weighted by atomic mass is 10.2. The molecule has 0 radical (unpaired) electrons. The van der Waals surface area contributed by atoms with Crippen LogP contribution in [0.4, 0.5) is 0 Å². The normalized spacial score (nSPS) is 12.2. The lowest BCUT2D eigenvalue weighted by Crippen LogP contribution is -2.27. The minimum atomic E-state index is -0.163. The lowest BCUT2D eigenvalue weighted by Gasteiger charge is -2.12. The summed E-state index contributed by atoms with van der Waals surface area (Å²) in [6.45, 7) is 6.74. The summed E-state index contributed by atoms with van der Waals surface area (Å²) in [4.78, 5) is 19.2. The molecule has 1 heterocycles. The summed E-state index contributed by atoms with van der Waals surface area (Å²) in [6.07, 6.45) is 3.40. The van der Waals surface area contributed by atoms with Gasteiger partial charge in [-0.15, -0.1) is 0 Å². The Balaban J connectivity index is 1.93. The fraction of sp³-hybridized carbons (Fsp3) is 0.375. The van der Waals surface area contributed by atoms with E-state index in [1.54, 1.807) is 24.5 Å². The molecule has 1 aromatic heterocycles. The van der Waals surface area contributed by atoms with Crippen LogP contribution < -0.4 is 10.1 Å². The predicted molar refractivity (Wildman–Crippen MR) is 81.2 cm³/mol. The minimum Gasteiger partial charge on any atom is -0.493 e. The number of nitrogens with zero attached hydrogens (tertiary/aromatic N) is 1. The van der Waals surface area contributed by atoms with Crippen LogP contribution in [0.2, 0.25) is 0 Å². The molecule has 0 saturated carbocycles. The number of amides is 1. The van der Waals surface area contributed by atoms with Crippen LogP contribution in [0, 0.1) is 5.92 Å². The van der Waals surface area contributed by atoms with E-state index in [1.165, 1.54) is 0 Å². The van der Waals surface area contributed by atoms with Crippen LogP contribution in [0.25, 0.3) is 0 Å². The first-order chi connectivity index (χ1) is 10.1. The van der Waals surface area contributed by atoms with Crippen molar-refractivity contribution in [2.45, 2.75) is 26.8 Å². The highest BCUT2D eigenvalue weighted by molar-refractivity contribution is 5.94. The SMILES string of the molecule is CC(C)COc1ccc(C(=O)NC(C)c2ncc[nH]2)cc1. The third-order valence-corrected chi connectivity index (χ3v) is 2.98. The van der Waals surface area contributed by atoms with E-state index >= 15 is 0 Å². The summed E-state index contributed by atoms with van der Waals surface area (Å²) in [7, 11) is 0. The predicted octanol–water partition coefficient (Wildman–Crippen LogP) is 2.94. The van der Waals surface area contributed by atoms with Gasteiger partial charge in [-0.3, -0.25) is 4.79 Å². The molecule has 2 rings (SSSR count). The van der Waals surface area contributed by atoms with E-state index in [0.29, 0.717) is 18.1 Å².